The summed E-state index contributed by atoms with van der Waals surface area (Å²) in [6.07, 6.45) is 1.63. The molecule has 4 heterocycles. The number of halogens is 3. The second-order valence-corrected chi connectivity index (χ2v) is 6.79. The molecule has 3 aromatic heterocycles. The van der Waals surface area contributed by atoms with E-state index in [0.717, 1.165) is 12.3 Å². The Labute approximate surface area is 158 Å². The molecule has 4 rings (SSSR count). The van der Waals surface area contributed by atoms with Crippen LogP contribution in [0.25, 0.3) is 16.7 Å². The van der Waals surface area contributed by atoms with Gasteiger partial charge in [0.1, 0.15) is 16.7 Å². The Morgan fingerprint density at radius 2 is 1.93 bits per heavy atom. The van der Waals surface area contributed by atoms with Gasteiger partial charge in [0.2, 0.25) is 0 Å². The summed E-state index contributed by atoms with van der Waals surface area (Å²) < 4.78 is 34.6. The van der Waals surface area contributed by atoms with E-state index in [1.54, 1.807) is 19.2 Å². The van der Waals surface area contributed by atoms with Crippen molar-refractivity contribution in [2.75, 3.05) is 31.2 Å². The average molecular weight is 395 g/mol. The number of nitrogens with zero attached hydrogens (tertiary/aromatic N) is 6. The summed E-state index contributed by atoms with van der Waals surface area (Å²) in [6, 6.07) is 2.89. The summed E-state index contributed by atoms with van der Waals surface area (Å²) >= 11 is 6.07. The van der Waals surface area contributed by atoms with Gasteiger partial charge in [-0.25, -0.2) is 19.6 Å². The van der Waals surface area contributed by atoms with Crippen molar-refractivity contribution < 1.29 is 13.5 Å². The van der Waals surface area contributed by atoms with E-state index in [-0.39, 0.29) is 22.5 Å². The SMILES string of the molecule is Cc1nc(-n2nc(N3CCOCC3)c3cnc(Cl)cc32)cc(C(C)(F)F)n1. The first-order chi connectivity index (χ1) is 12.8. The van der Waals surface area contributed by atoms with Gasteiger partial charge >= 0.3 is 0 Å². The number of hydrogen-bond acceptors (Lipinski definition) is 6. The van der Waals surface area contributed by atoms with Crippen molar-refractivity contribution in [3.8, 4) is 5.82 Å². The molecule has 1 fully saturated rings. The highest BCUT2D eigenvalue weighted by Crippen LogP contribution is 2.31. The van der Waals surface area contributed by atoms with Gasteiger partial charge in [-0.2, -0.15) is 8.78 Å². The predicted octanol–water partition coefficient (Wildman–Crippen LogP) is 3.12. The molecule has 1 aliphatic rings. The van der Waals surface area contributed by atoms with Gasteiger partial charge in [-0.3, -0.25) is 0 Å². The van der Waals surface area contributed by atoms with Crippen LogP contribution in [0.4, 0.5) is 14.6 Å². The molecular formula is C17H17ClF2N6O. The molecule has 1 saturated heterocycles. The Morgan fingerprint density at radius 1 is 1.19 bits per heavy atom. The van der Waals surface area contributed by atoms with Crippen molar-refractivity contribution in [2.24, 2.45) is 0 Å². The number of hydrogen-bond donors (Lipinski definition) is 0. The van der Waals surface area contributed by atoms with Crippen molar-refractivity contribution in [3.05, 3.63) is 35.0 Å². The molecule has 0 radical (unpaired) electrons. The fourth-order valence-electron chi connectivity index (χ4n) is 3.04. The first-order valence-electron chi connectivity index (χ1n) is 8.44. The van der Waals surface area contributed by atoms with Crippen molar-refractivity contribution in [1.82, 2.24) is 24.7 Å². The fraction of sp³-hybridized carbons (Fsp3) is 0.412. The van der Waals surface area contributed by atoms with Crippen LogP contribution < -0.4 is 4.90 Å². The molecule has 3 aromatic rings. The fourth-order valence-corrected chi connectivity index (χ4v) is 3.19. The molecular weight excluding hydrogens is 378 g/mol. The topological polar surface area (TPSA) is 69.0 Å². The maximum atomic E-state index is 13.8. The molecule has 7 nitrogen and oxygen atoms in total. The number of morpholine rings is 1. The third kappa shape index (κ3) is 3.44. The van der Waals surface area contributed by atoms with Gasteiger partial charge in [-0.1, -0.05) is 11.6 Å². The zero-order valence-electron chi connectivity index (χ0n) is 14.8. The lowest BCUT2D eigenvalue weighted by atomic mass is 10.2. The largest absolute Gasteiger partial charge is 0.378 e. The number of aryl methyl sites for hydroxylation is 1. The van der Waals surface area contributed by atoms with Crippen LogP contribution in [0.5, 0.6) is 0 Å². The van der Waals surface area contributed by atoms with Gasteiger partial charge in [0.15, 0.2) is 11.6 Å². The molecule has 0 atom stereocenters. The van der Waals surface area contributed by atoms with E-state index >= 15 is 0 Å². The van der Waals surface area contributed by atoms with Crippen molar-refractivity contribution in [3.63, 3.8) is 0 Å². The van der Waals surface area contributed by atoms with E-state index in [1.807, 2.05) is 0 Å². The molecule has 0 N–H and O–H groups in total. The van der Waals surface area contributed by atoms with Crippen LogP contribution in [0.3, 0.4) is 0 Å². The predicted molar refractivity (Wildman–Crippen MR) is 96.8 cm³/mol. The minimum Gasteiger partial charge on any atom is -0.378 e. The molecule has 0 unspecified atom stereocenters. The number of ether oxygens (including phenoxy) is 1. The molecule has 0 saturated carbocycles. The minimum atomic E-state index is -3.09. The van der Waals surface area contributed by atoms with E-state index < -0.39 is 5.92 Å². The maximum absolute atomic E-state index is 13.8. The summed E-state index contributed by atoms with van der Waals surface area (Å²) in [5, 5.41) is 5.69. The van der Waals surface area contributed by atoms with Crippen LogP contribution in [-0.2, 0) is 10.7 Å². The lowest BCUT2D eigenvalue weighted by molar-refractivity contribution is 0.0124. The smallest absolute Gasteiger partial charge is 0.287 e. The zero-order valence-corrected chi connectivity index (χ0v) is 15.5. The zero-order chi connectivity index (χ0) is 19.2. The average Bonchev–Trinajstić information content (AvgIpc) is 3.00. The van der Waals surface area contributed by atoms with Gasteiger partial charge in [-0.15, -0.1) is 5.10 Å². The number of fused-ring (bicyclic) bond motifs is 1. The second kappa shape index (κ2) is 6.65. The summed E-state index contributed by atoms with van der Waals surface area (Å²) in [5.41, 5.74) is 0.279. The monoisotopic (exact) mass is 394 g/mol. The Kier molecular flexibility index (Phi) is 4.43. The third-order valence-corrected chi connectivity index (χ3v) is 4.52. The van der Waals surface area contributed by atoms with Gasteiger partial charge in [0.25, 0.3) is 5.92 Å². The normalized spacial score (nSPS) is 15.5. The Morgan fingerprint density at radius 3 is 2.63 bits per heavy atom. The van der Waals surface area contributed by atoms with Gasteiger partial charge in [0.05, 0.1) is 24.1 Å². The molecule has 10 heteroatoms. The number of anilines is 1. The minimum absolute atomic E-state index is 0.237. The quantitative estimate of drug-likeness (QED) is 0.636. The molecule has 0 spiro atoms. The Balaban J connectivity index is 1.92. The van der Waals surface area contributed by atoms with Gasteiger partial charge in [0, 0.05) is 38.3 Å². The van der Waals surface area contributed by atoms with Gasteiger partial charge < -0.3 is 9.64 Å². The summed E-state index contributed by atoms with van der Waals surface area (Å²) in [6.45, 7) is 4.91. The summed E-state index contributed by atoms with van der Waals surface area (Å²) in [7, 11) is 0. The van der Waals surface area contributed by atoms with E-state index in [9.17, 15) is 8.78 Å². The molecule has 142 valence electrons. The van der Waals surface area contributed by atoms with Crippen molar-refractivity contribution >= 4 is 28.3 Å². The lowest BCUT2D eigenvalue weighted by Gasteiger charge is -2.26. The molecule has 0 aliphatic carbocycles. The highest BCUT2D eigenvalue weighted by molar-refractivity contribution is 6.30. The molecule has 0 amide bonds. The van der Waals surface area contributed by atoms with Crippen molar-refractivity contribution in [2.45, 2.75) is 19.8 Å². The van der Waals surface area contributed by atoms with Crippen LogP contribution in [-0.4, -0.2) is 51.0 Å². The first kappa shape index (κ1) is 18.0. The highest BCUT2D eigenvalue weighted by atomic mass is 35.5. The maximum Gasteiger partial charge on any atom is 0.287 e. The lowest BCUT2D eigenvalue weighted by Crippen LogP contribution is -2.36. The third-order valence-electron chi connectivity index (χ3n) is 4.31. The summed E-state index contributed by atoms with van der Waals surface area (Å²) in [4.78, 5) is 14.4. The molecule has 27 heavy (non-hydrogen) atoms. The van der Waals surface area contributed by atoms with E-state index in [0.29, 0.717) is 37.6 Å². The van der Waals surface area contributed by atoms with Crippen LogP contribution in [0, 0.1) is 6.92 Å². The van der Waals surface area contributed by atoms with E-state index in [4.69, 9.17) is 16.3 Å². The first-order valence-corrected chi connectivity index (χ1v) is 8.82. The number of alkyl halides is 2. The molecule has 0 bridgehead atoms. The molecule has 1 aliphatic heterocycles. The second-order valence-electron chi connectivity index (χ2n) is 6.41. The van der Waals surface area contributed by atoms with Crippen LogP contribution in [0.15, 0.2) is 18.3 Å². The van der Waals surface area contributed by atoms with Crippen LogP contribution in [0.2, 0.25) is 5.15 Å². The summed E-state index contributed by atoms with van der Waals surface area (Å²) in [5.74, 6) is -1.90. The van der Waals surface area contributed by atoms with Gasteiger partial charge in [-0.05, 0) is 6.92 Å². The standard InChI is InChI=1S/C17H17ClF2N6O/c1-10-22-13(17(2,19)20)8-15(23-10)26-12-7-14(18)21-9-11(12)16(24-26)25-3-5-27-6-4-25/h7-9H,3-6H2,1-2H3. The number of rotatable bonds is 3. The van der Waals surface area contributed by atoms with Crippen molar-refractivity contribution in [1.29, 1.82) is 0 Å². The van der Waals surface area contributed by atoms with Crippen LogP contribution >= 0.6 is 11.6 Å². The highest BCUT2D eigenvalue weighted by Gasteiger charge is 2.28. The number of pyridine rings is 1. The molecule has 0 aromatic carbocycles. The van der Waals surface area contributed by atoms with E-state index in [2.05, 4.69) is 25.0 Å². The number of aromatic nitrogens is 5. The Bertz CT molecular complexity index is 997. The van der Waals surface area contributed by atoms with E-state index in [1.165, 1.54) is 10.7 Å². The Hall–Kier alpha value is -2.39. The van der Waals surface area contributed by atoms with Crippen LogP contribution in [0.1, 0.15) is 18.4 Å².